The lowest BCUT2D eigenvalue weighted by molar-refractivity contribution is -0.136. The number of nitrogens with zero attached hydrogens (tertiary/aromatic N) is 3. The van der Waals surface area contributed by atoms with Crippen molar-refractivity contribution in [3.63, 3.8) is 0 Å². The zero-order valence-electron chi connectivity index (χ0n) is 13.5. The van der Waals surface area contributed by atoms with Crippen LogP contribution in [0.3, 0.4) is 0 Å². The van der Waals surface area contributed by atoms with Gasteiger partial charge in [-0.15, -0.1) is 0 Å². The normalized spacial score (nSPS) is 15.5. The van der Waals surface area contributed by atoms with Gasteiger partial charge in [0.1, 0.15) is 10.9 Å². The fraction of sp³-hybridized carbons (Fsp3) is 0.294. The van der Waals surface area contributed by atoms with E-state index in [0.29, 0.717) is 19.0 Å². The zero-order valence-corrected chi connectivity index (χ0v) is 14.3. The molecule has 0 aliphatic carbocycles. The minimum absolute atomic E-state index is 0.150. The first-order chi connectivity index (χ1) is 12.3. The van der Waals surface area contributed by atoms with E-state index in [1.165, 1.54) is 17.4 Å². The SMILES string of the molecule is CC1CN(C(=O)c2nc3c(C(F)(F)F)cc(-c4ccco4)cn3c2Cl)C1. The second-order valence-corrected chi connectivity index (χ2v) is 6.74. The van der Waals surface area contributed by atoms with Gasteiger partial charge >= 0.3 is 6.18 Å². The zero-order chi connectivity index (χ0) is 18.6. The highest BCUT2D eigenvalue weighted by Gasteiger charge is 2.37. The molecule has 0 unspecified atom stereocenters. The van der Waals surface area contributed by atoms with E-state index in [9.17, 15) is 18.0 Å². The number of carbonyl (C=O) groups excluding carboxylic acids is 1. The van der Waals surface area contributed by atoms with Crippen LogP contribution in [0.5, 0.6) is 0 Å². The summed E-state index contributed by atoms with van der Waals surface area (Å²) in [6, 6.07) is 4.05. The number of carbonyl (C=O) groups is 1. The van der Waals surface area contributed by atoms with Gasteiger partial charge in [-0.25, -0.2) is 4.98 Å². The van der Waals surface area contributed by atoms with Crippen molar-refractivity contribution in [1.29, 1.82) is 0 Å². The molecule has 3 aromatic rings. The lowest BCUT2D eigenvalue weighted by Gasteiger charge is -2.36. The Morgan fingerprint density at radius 3 is 2.69 bits per heavy atom. The highest BCUT2D eigenvalue weighted by atomic mass is 35.5. The molecule has 1 saturated heterocycles. The Labute approximate surface area is 151 Å². The van der Waals surface area contributed by atoms with E-state index in [2.05, 4.69) is 4.98 Å². The maximum Gasteiger partial charge on any atom is 0.420 e. The molecule has 4 heterocycles. The lowest BCUT2D eigenvalue weighted by Crippen LogP contribution is -2.48. The fourth-order valence-electron chi connectivity index (χ4n) is 3.05. The first kappa shape index (κ1) is 17.0. The molecule has 3 aromatic heterocycles. The maximum atomic E-state index is 13.5. The van der Waals surface area contributed by atoms with Crippen LogP contribution >= 0.6 is 11.6 Å². The number of alkyl halides is 3. The summed E-state index contributed by atoms with van der Waals surface area (Å²) >= 11 is 6.22. The Bertz CT molecular complexity index is 989. The van der Waals surface area contributed by atoms with E-state index < -0.39 is 23.3 Å². The summed E-state index contributed by atoms with van der Waals surface area (Å²) < 4.78 is 46.9. The molecule has 1 amide bonds. The van der Waals surface area contributed by atoms with Crippen molar-refractivity contribution in [2.45, 2.75) is 13.1 Å². The number of hydrogen-bond donors (Lipinski definition) is 0. The maximum absolute atomic E-state index is 13.5. The molecule has 1 aliphatic rings. The van der Waals surface area contributed by atoms with E-state index in [0.717, 1.165) is 10.5 Å². The van der Waals surface area contributed by atoms with Crippen LogP contribution in [0.4, 0.5) is 13.2 Å². The largest absolute Gasteiger partial charge is 0.464 e. The molecule has 0 aromatic carbocycles. The van der Waals surface area contributed by atoms with Crippen LogP contribution < -0.4 is 0 Å². The van der Waals surface area contributed by atoms with Crippen molar-refractivity contribution < 1.29 is 22.4 Å². The van der Waals surface area contributed by atoms with Crippen LogP contribution in [0.2, 0.25) is 5.15 Å². The number of aromatic nitrogens is 2. The summed E-state index contributed by atoms with van der Waals surface area (Å²) in [7, 11) is 0. The summed E-state index contributed by atoms with van der Waals surface area (Å²) in [6.45, 7) is 3.05. The number of hydrogen-bond acceptors (Lipinski definition) is 3. The van der Waals surface area contributed by atoms with Gasteiger partial charge < -0.3 is 9.32 Å². The number of imidazole rings is 1. The molecule has 9 heteroatoms. The second kappa shape index (κ2) is 5.77. The van der Waals surface area contributed by atoms with Gasteiger partial charge in [-0.1, -0.05) is 18.5 Å². The Morgan fingerprint density at radius 1 is 1.38 bits per heavy atom. The number of fused-ring (bicyclic) bond motifs is 1. The molecule has 0 N–H and O–H groups in total. The molecule has 1 aliphatic heterocycles. The molecular formula is C17H13ClF3N3O2. The van der Waals surface area contributed by atoms with Crippen molar-refractivity contribution in [2.75, 3.05) is 13.1 Å². The highest BCUT2D eigenvalue weighted by Crippen LogP contribution is 2.37. The van der Waals surface area contributed by atoms with Crippen molar-refractivity contribution in [2.24, 2.45) is 5.92 Å². The third-order valence-electron chi connectivity index (χ3n) is 4.33. The van der Waals surface area contributed by atoms with Gasteiger partial charge in [-0.3, -0.25) is 9.20 Å². The first-order valence-corrected chi connectivity index (χ1v) is 8.25. The number of halogens is 4. The second-order valence-electron chi connectivity index (χ2n) is 6.38. The van der Waals surface area contributed by atoms with E-state index in [1.54, 1.807) is 12.1 Å². The molecule has 5 nitrogen and oxygen atoms in total. The average Bonchev–Trinajstić information content (AvgIpc) is 3.18. The molecule has 0 atom stereocenters. The number of furan rings is 1. The van der Waals surface area contributed by atoms with Crippen LogP contribution in [0, 0.1) is 5.92 Å². The van der Waals surface area contributed by atoms with Crippen LogP contribution in [0.25, 0.3) is 17.0 Å². The molecule has 136 valence electrons. The quantitative estimate of drug-likeness (QED) is 0.660. The molecule has 4 rings (SSSR count). The summed E-state index contributed by atoms with van der Waals surface area (Å²) in [5.74, 6) is 0.141. The third-order valence-corrected chi connectivity index (χ3v) is 4.69. The fourth-order valence-corrected chi connectivity index (χ4v) is 3.31. The number of likely N-dealkylation sites (tertiary alicyclic amines) is 1. The number of pyridine rings is 1. The molecule has 26 heavy (non-hydrogen) atoms. The lowest BCUT2D eigenvalue weighted by atomic mass is 10.0. The van der Waals surface area contributed by atoms with Gasteiger partial charge in [0.2, 0.25) is 0 Å². The molecule has 0 bridgehead atoms. The minimum Gasteiger partial charge on any atom is -0.464 e. The summed E-state index contributed by atoms with van der Waals surface area (Å²) in [5.41, 5.74) is -1.38. The molecular weight excluding hydrogens is 371 g/mol. The van der Waals surface area contributed by atoms with E-state index in [-0.39, 0.29) is 22.2 Å². The summed E-state index contributed by atoms with van der Waals surface area (Å²) in [6.07, 6.45) is -1.92. The van der Waals surface area contributed by atoms with Crippen LogP contribution in [0.15, 0.2) is 35.1 Å². The minimum atomic E-state index is -4.66. The van der Waals surface area contributed by atoms with Gasteiger partial charge in [0.05, 0.1) is 11.8 Å². The van der Waals surface area contributed by atoms with Crippen LogP contribution in [0.1, 0.15) is 23.0 Å². The predicted molar refractivity (Wildman–Crippen MR) is 88.0 cm³/mol. The number of rotatable bonds is 2. The summed E-state index contributed by atoms with van der Waals surface area (Å²) in [4.78, 5) is 17.9. The van der Waals surface area contributed by atoms with Crippen molar-refractivity contribution >= 4 is 23.2 Å². The Hall–Kier alpha value is -2.48. The third kappa shape index (κ3) is 2.65. The van der Waals surface area contributed by atoms with Gasteiger partial charge in [-0.2, -0.15) is 13.2 Å². The monoisotopic (exact) mass is 383 g/mol. The van der Waals surface area contributed by atoms with E-state index in [1.807, 2.05) is 6.92 Å². The van der Waals surface area contributed by atoms with Crippen molar-refractivity contribution in [1.82, 2.24) is 14.3 Å². The highest BCUT2D eigenvalue weighted by molar-refractivity contribution is 6.33. The molecule has 0 saturated carbocycles. The van der Waals surface area contributed by atoms with E-state index in [4.69, 9.17) is 16.0 Å². The molecule has 0 radical (unpaired) electrons. The average molecular weight is 384 g/mol. The van der Waals surface area contributed by atoms with Crippen LogP contribution in [-0.2, 0) is 6.18 Å². The van der Waals surface area contributed by atoms with Gasteiger partial charge in [-0.05, 0) is 24.1 Å². The predicted octanol–water partition coefficient (Wildman–Crippen LogP) is 4.36. The van der Waals surface area contributed by atoms with Crippen molar-refractivity contribution in [3.8, 4) is 11.3 Å². The van der Waals surface area contributed by atoms with Gasteiger partial charge in [0.25, 0.3) is 5.91 Å². The molecule has 0 spiro atoms. The topological polar surface area (TPSA) is 50.8 Å². The Balaban J connectivity index is 1.90. The number of amides is 1. The van der Waals surface area contributed by atoms with Gasteiger partial charge in [0.15, 0.2) is 11.3 Å². The van der Waals surface area contributed by atoms with Crippen LogP contribution in [-0.4, -0.2) is 33.3 Å². The van der Waals surface area contributed by atoms with Gasteiger partial charge in [0, 0.05) is 24.8 Å². The Kier molecular flexibility index (Phi) is 3.76. The Morgan fingerprint density at radius 2 is 2.12 bits per heavy atom. The summed E-state index contributed by atoms with van der Waals surface area (Å²) in [5, 5.41) is -0.150. The van der Waals surface area contributed by atoms with E-state index >= 15 is 0 Å². The molecule has 1 fully saturated rings. The standard InChI is InChI=1S/C17H13ClF3N3O2/c1-9-6-23(7-9)16(25)13-14(18)24-8-10(12-3-2-4-26-12)5-11(15(24)22-13)17(19,20)21/h2-5,8-9H,6-7H2,1H3. The first-order valence-electron chi connectivity index (χ1n) is 7.87. The smallest absolute Gasteiger partial charge is 0.420 e. The van der Waals surface area contributed by atoms with Crippen molar-refractivity contribution in [3.05, 3.63) is 47.1 Å².